The van der Waals surface area contributed by atoms with Crippen LogP contribution in [0.4, 0.5) is 5.69 Å². The first-order valence-corrected chi connectivity index (χ1v) is 5.82. The molecule has 0 unspecified atom stereocenters. The molecule has 1 aromatic carbocycles. The van der Waals surface area contributed by atoms with Gasteiger partial charge in [-0.15, -0.1) is 0 Å². The highest BCUT2D eigenvalue weighted by Crippen LogP contribution is 2.29. The number of hydrogen-bond acceptors (Lipinski definition) is 6. The maximum atomic E-state index is 11.7. The Hall–Kier alpha value is -2.50. The fourth-order valence-electron chi connectivity index (χ4n) is 1.54. The van der Waals surface area contributed by atoms with Gasteiger partial charge in [-0.05, 0) is 18.6 Å². The number of methoxy groups -OCH3 is 3. The quantitative estimate of drug-likeness (QED) is 0.652. The number of ether oxygens (including phenoxy) is 3. The third-order valence-electron chi connectivity index (χ3n) is 2.58. The van der Waals surface area contributed by atoms with Crippen LogP contribution in [-0.2, 0) is 19.1 Å². The topological polar surface area (TPSA) is 73.9 Å². The third kappa shape index (κ3) is 3.74. The molecule has 0 aliphatic rings. The molecule has 20 heavy (non-hydrogen) atoms. The van der Waals surface area contributed by atoms with Gasteiger partial charge in [0.15, 0.2) is 0 Å². The molecule has 0 atom stereocenters. The van der Waals surface area contributed by atoms with E-state index in [1.807, 2.05) is 19.1 Å². The van der Waals surface area contributed by atoms with E-state index < -0.39 is 11.9 Å². The van der Waals surface area contributed by atoms with Crippen molar-refractivity contribution in [2.24, 2.45) is 0 Å². The Bertz CT molecular complexity index is 536. The Balaban J connectivity index is 3.17. The standard InChI is InChI=1S/C14H17NO5/c1-9-6-5-7-11(18-2)13(9)15-10(14(17)20-4)8-12(16)19-3/h5-8,15H,1-4H3/b10-8+. The summed E-state index contributed by atoms with van der Waals surface area (Å²) >= 11 is 0. The number of benzene rings is 1. The van der Waals surface area contributed by atoms with Gasteiger partial charge in [-0.2, -0.15) is 0 Å². The predicted molar refractivity (Wildman–Crippen MR) is 73.5 cm³/mol. The van der Waals surface area contributed by atoms with Crippen molar-refractivity contribution in [3.63, 3.8) is 0 Å². The van der Waals surface area contributed by atoms with Crippen molar-refractivity contribution >= 4 is 17.6 Å². The van der Waals surface area contributed by atoms with Gasteiger partial charge in [-0.25, -0.2) is 9.59 Å². The minimum absolute atomic E-state index is 0.0352. The summed E-state index contributed by atoms with van der Waals surface area (Å²) in [6.45, 7) is 1.85. The van der Waals surface area contributed by atoms with Crippen LogP contribution in [-0.4, -0.2) is 33.3 Å². The number of carbonyl (C=O) groups is 2. The lowest BCUT2D eigenvalue weighted by Crippen LogP contribution is -2.16. The lowest BCUT2D eigenvalue weighted by molar-refractivity contribution is -0.138. The summed E-state index contributed by atoms with van der Waals surface area (Å²) in [7, 11) is 3.97. The number of rotatable bonds is 5. The Morgan fingerprint density at radius 3 is 2.40 bits per heavy atom. The van der Waals surface area contributed by atoms with Crippen LogP contribution in [0, 0.1) is 6.92 Å². The van der Waals surface area contributed by atoms with Crippen LogP contribution >= 0.6 is 0 Å². The molecule has 0 aromatic heterocycles. The molecule has 0 aliphatic heterocycles. The molecule has 0 bridgehead atoms. The summed E-state index contributed by atoms with van der Waals surface area (Å²) < 4.78 is 14.3. The van der Waals surface area contributed by atoms with Gasteiger partial charge >= 0.3 is 11.9 Å². The van der Waals surface area contributed by atoms with Crippen molar-refractivity contribution in [3.05, 3.63) is 35.5 Å². The lowest BCUT2D eigenvalue weighted by Gasteiger charge is -2.14. The van der Waals surface area contributed by atoms with E-state index in [1.165, 1.54) is 21.3 Å². The second-order valence-corrected chi connectivity index (χ2v) is 3.85. The summed E-state index contributed by atoms with van der Waals surface area (Å²) in [6.07, 6.45) is 1.03. The second kappa shape index (κ2) is 7.18. The van der Waals surface area contributed by atoms with Crippen LogP contribution in [0.25, 0.3) is 0 Å². The number of carbonyl (C=O) groups excluding carboxylic acids is 2. The molecule has 108 valence electrons. The summed E-state index contributed by atoms with van der Waals surface area (Å²) in [6, 6.07) is 5.40. The molecule has 6 heteroatoms. The third-order valence-corrected chi connectivity index (χ3v) is 2.58. The van der Waals surface area contributed by atoms with Crippen LogP contribution in [0.15, 0.2) is 30.0 Å². The first-order chi connectivity index (χ1) is 9.53. The Morgan fingerprint density at radius 1 is 1.15 bits per heavy atom. The first-order valence-electron chi connectivity index (χ1n) is 5.82. The fourth-order valence-corrected chi connectivity index (χ4v) is 1.54. The average Bonchev–Trinajstić information content (AvgIpc) is 2.47. The summed E-state index contributed by atoms with van der Waals surface area (Å²) in [5.74, 6) is -0.796. The lowest BCUT2D eigenvalue weighted by atomic mass is 10.1. The minimum atomic E-state index is -0.680. The van der Waals surface area contributed by atoms with E-state index >= 15 is 0 Å². The monoisotopic (exact) mass is 279 g/mol. The summed E-state index contributed by atoms with van der Waals surface area (Å²) in [5.41, 5.74) is 1.39. The van der Waals surface area contributed by atoms with Gasteiger partial charge in [0.2, 0.25) is 0 Å². The molecular weight excluding hydrogens is 262 g/mol. The number of nitrogens with one attached hydrogen (secondary N) is 1. The molecule has 0 aliphatic carbocycles. The molecule has 1 N–H and O–H groups in total. The van der Waals surface area contributed by atoms with Gasteiger partial charge in [0.25, 0.3) is 0 Å². The maximum absolute atomic E-state index is 11.7. The van der Waals surface area contributed by atoms with Crippen LogP contribution in [0.5, 0.6) is 5.75 Å². The van der Waals surface area contributed by atoms with Crippen LogP contribution in [0.1, 0.15) is 5.56 Å². The highest BCUT2D eigenvalue weighted by Gasteiger charge is 2.16. The SMILES string of the molecule is COC(=O)/C=C(/Nc1c(C)cccc1OC)C(=O)OC. The normalized spacial score (nSPS) is 10.7. The minimum Gasteiger partial charge on any atom is -0.495 e. The number of aryl methyl sites for hydroxylation is 1. The largest absolute Gasteiger partial charge is 0.495 e. The predicted octanol–water partition coefficient (Wildman–Crippen LogP) is 1.65. The van der Waals surface area contributed by atoms with E-state index in [4.69, 9.17) is 4.74 Å². The zero-order valence-corrected chi connectivity index (χ0v) is 11.9. The van der Waals surface area contributed by atoms with Crippen molar-refractivity contribution < 1.29 is 23.8 Å². The van der Waals surface area contributed by atoms with E-state index in [-0.39, 0.29) is 5.70 Å². The van der Waals surface area contributed by atoms with Crippen molar-refractivity contribution in [2.45, 2.75) is 6.92 Å². The molecule has 0 amide bonds. The second-order valence-electron chi connectivity index (χ2n) is 3.85. The van der Waals surface area contributed by atoms with Gasteiger partial charge in [-0.1, -0.05) is 12.1 Å². The van der Waals surface area contributed by atoms with Crippen LogP contribution < -0.4 is 10.1 Å². The maximum Gasteiger partial charge on any atom is 0.354 e. The number of para-hydroxylation sites is 1. The Kier molecular flexibility index (Phi) is 5.58. The van der Waals surface area contributed by atoms with Gasteiger partial charge in [0, 0.05) is 0 Å². The number of esters is 2. The summed E-state index contributed by atoms with van der Waals surface area (Å²) in [5, 5.41) is 2.84. The molecule has 1 aromatic rings. The number of anilines is 1. The average molecular weight is 279 g/mol. The smallest absolute Gasteiger partial charge is 0.354 e. The molecular formula is C14H17NO5. The number of hydrogen-bond donors (Lipinski definition) is 1. The van der Waals surface area contributed by atoms with E-state index in [1.54, 1.807) is 6.07 Å². The van der Waals surface area contributed by atoms with Crippen molar-refractivity contribution in [1.82, 2.24) is 0 Å². The molecule has 0 saturated carbocycles. The van der Waals surface area contributed by atoms with E-state index in [2.05, 4.69) is 14.8 Å². The van der Waals surface area contributed by atoms with E-state index in [0.29, 0.717) is 11.4 Å². The molecule has 0 saturated heterocycles. The van der Waals surface area contributed by atoms with Gasteiger partial charge < -0.3 is 19.5 Å². The molecule has 0 spiro atoms. The first kappa shape index (κ1) is 15.6. The highest BCUT2D eigenvalue weighted by molar-refractivity contribution is 5.99. The zero-order valence-electron chi connectivity index (χ0n) is 11.9. The Morgan fingerprint density at radius 2 is 1.85 bits per heavy atom. The van der Waals surface area contributed by atoms with E-state index in [0.717, 1.165) is 11.6 Å². The van der Waals surface area contributed by atoms with Gasteiger partial charge in [0.1, 0.15) is 11.4 Å². The van der Waals surface area contributed by atoms with Gasteiger partial charge in [0.05, 0.1) is 33.1 Å². The van der Waals surface area contributed by atoms with Crippen molar-refractivity contribution in [2.75, 3.05) is 26.6 Å². The van der Waals surface area contributed by atoms with Crippen molar-refractivity contribution in [1.29, 1.82) is 0 Å². The Labute approximate surface area is 117 Å². The van der Waals surface area contributed by atoms with Crippen LogP contribution in [0.2, 0.25) is 0 Å². The zero-order chi connectivity index (χ0) is 15.1. The summed E-state index contributed by atoms with van der Waals surface area (Å²) in [4.78, 5) is 23.0. The van der Waals surface area contributed by atoms with Crippen molar-refractivity contribution in [3.8, 4) is 5.75 Å². The highest BCUT2D eigenvalue weighted by atomic mass is 16.5. The van der Waals surface area contributed by atoms with Gasteiger partial charge in [-0.3, -0.25) is 0 Å². The fraction of sp³-hybridized carbons (Fsp3) is 0.286. The van der Waals surface area contributed by atoms with E-state index in [9.17, 15) is 9.59 Å². The molecule has 1 rings (SSSR count). The van der Waals surface area contributed by atoms with Crippen LogP contribution in [0.3, 0.4) is 0 Å². The molecule has 0 heterocycles. The molecule has 0 fully saturated rings. The molecule has 6 nitrogen and oxygen atoms in total. The molecule has 0 radical (unpaired) electrons.